The summed E-state index contributed by atoms with van der Waals surface area (Å²) in [7, 11) is 3.05. The van der Waals surface area contributed by atoms with Gasteiger partial charge in [0.1, 0.15) is 0 Å². The number of methoxy groups -OCH3 is 2. The molecular formula is C18H22N2O4. The van der Waals surface area contributed by atoms with Gasteiger partial charge >= 0.3 is 6.03 Å². The fraction of sp³-hybridized carbons (Fsp3) is 0.278. The maximum Gasteiger partial charge on any atom is 0.319 e. The van der Waals surface area contributed by atoms with Gasteiger partial charge in [0.2, 0.25) is 0 Å². The number of carbonyl (C=O) groups is 1. The van der Waals surface area contributed by atoms with Gasteiger partial charge in [-0.15, -0.1) is 0 Å². The average molecular weight is 330 g/mol. The number of carbonyl (C=O) groups excluding carboxylic acids is 1. The number of amides is 2. The van der Waals surface area contributed by atoms with Crippen LogP contribution in [0.15, 0.2) is 48.5 Å². The van der Waals surface area contributed by atoms with Gasteiger partial charge in [-0.2, -0.15) is 0 Å². The van der Waals surface area contributed by atoms with Crippen molar-refractivity contribution < 1.29 is 19.4 Å². The minimum absolute atomic E-state index is 0.341. The van der Waals surface area contributed by atoms with Gasteiger partial charge in [-0.25, -0.2) is 4.79 Å². The number of aliphatic hydroxyl groups excluding tert-OH is 1. The third-order valence-corrected chi connectivity index (χ3v) is 3.54. The Bertz CT molecular complexity index is 661. The highest BCUT2D eigenvalue weighted by Crippen LogP contribution is 2.34. The van der Waals surface area contributed by atoms with Crippen molar-refractivity contribution in [3.63, 3.8) is 0 Å². The molecule has 2 aromatic carbocycles. The lowest BCUT2D eigenvalue weighted by Crippen LogP contribution is -2.30. The number of anilines is 1. The molecule has 0 fully saturated rings. The summed E-state index contributed by atoms with van der Waals surface area (Å²) in [6.07, 6.45) is -0.190. The Kier molecular flexibility index (Phi) is 6.45. The number of rotatable bonds is 7. The Balaban J connectivity index is 1.86. The molecule has 0 aliphatic rings. The molecular weight excluding hydrogens is 308 g/mol. The van der Waals surface area contributed by atoms with Crippen LogP contribution in [-0.2, 0) is 0 Å². The van der Waals surface area contributed by atoms with Crippen molar-refractivity contribution in [2.75, 3.05) is 26.1 Å². The molecule has 6 nitrogen and oxygen atoms in total. The van der Waals surface area contributed by atoms with Crippen LogP contribution < -0.4 is 20.1 Å². The molecule has 2 aromatic rings. The maximum absolute atomic E-state index is 12.0. The summed E-state index contributed by atoms with van der Waals surface area (Å²) in [4.78, 5) is 12.0. The second kappa shape index (κ2) is 8.79. The predicted octanol–water partition coefficient (Wildman–Crippen LogP) is 2.95. The van der Waals surface area contributed by atoms with E-state index >= 15 is 0 Å². The van der Waals surface area contributed by atoms with Crippen LogP contribution >= 0.6 is 0 Å². The van der Waals surface area contributed by atoms with Gasteiger partial charge < -0.3 is 25.2 Å². The molecule has 0 aromatic heterocycles. The minimum atomic E-state index is -0.613. The van der Waals surface area contributed by atoms with Crippen LogP contribution in [-0.4, -0.2) is 31.9 Å². The van der Waals surface area contributed by atoms with E-state index in [9.17, 15) is 9.90 Å². The first-order chi connectivity index (χ1) is 11.7. The number of urea groups is 1. The zero-order valence-corrected chi connectivity index (χ0v) is 13.8. The van der Waals surface area contributed by atoms with Gasteiger partial charge in [0.25, 0.3) is 0 Å². The van der Waals surface area contributed by atoms with Gasteiger partial charge in [0, 0.05) is 6.54 Å². The Morgan fingerprint density at radius 3 is 2.50 bits per heavy atom. The fourth-order valence-corrected chi connectivity index (χ4v) is 2.32. The van der Waals surface area contributed by atoms with Crippen molar-refractivity contribution in [1.29, 1.82) is 0 Å². The molecule has 2 amide bonds. The van der Waals surface area contributed by atoms with E-state index in [0.717, 1.165) is 5.56 Å². The van der Waals surface area contributed by atoms with Crippen LogP contribution in [0.1, 0.15) is 18.1 Å². The molecule has 0 spiro atoms. The van der Waals surface area contributed by atoms with E-state index in [1.54, 1.807) is 18.2 Å². The molecule has 0 unspecified atom stereocenters. The standard InChI is InChI=1S/C18H22N2O4/c1-23-16-10-6-9-14(17(16)24-2)20-18(22)19-12-11-15(21)13-7-4-3-5-8-13/h3-10,15,21H,11-12H2,1-2H3,(H2,19,20,22)/t15-/m1/s1. The highest BCUT2D eigenvalue weighted by molar-refractivity contribution is 5.91. The summed E-state index contributed by atoms with van der Waals surface area (Å²) in [5, 5.41) is 15.5. The largest absolute Gasteiger partial charge is 0.493 e. The monoisotopic (exact) mass is 330 g/mol. The molecule has 2 rings (SSSR count). The lowest BCUT2D eigenvalue weighted by atomic mass is 10.1. The van der Waals surface area contributed by atoms with Crippen LogP contribution in [0, 0.1) is 0 Å². The summed E-state index contributed by atoms with van der Waals surface area (Å²) in [6.45, 7) is 0.341. The van der Waals surface area contributed by atoms with Crippen molar-refractivity contribution in [3.05, 3.63) is 54.1 Å². The third kappa shape index (κ3) is 4.63. The molecule has 0 radical (unpaired) electrons. The van der Waals surface area contributed by atoms with E-state index in [4.69, 9.17) is 9.47 Å². The highest BCUT2D eigenvalue weighted by atomic mass is 16.5. The van der Waals surface area contributed by atoms with Crippen molar-refractivity contribution in [2.24, 2.45) is 0 Å². The van der Waals surface area contributed by atoms with Gasteiger partial charge in [-0.3, -0.25) is 0 Å². The van der Waals surface area contributed by atoms with E-state index in [-0.39, 0.29) is 6.03 Å². The quantitative estimate of drug-likeness (QED) is 0.729. The molecule has 24 heavy (non-hydrogen) atoms. The second-order valence-corrected chi connectivity index (χ2v) is 5.14. The number of para-hydroxylation sites is 1. The summed E-state index contributed by atoms with van der Waals surface area (Å²) >= 11 is 0. The van der Waals surface area contributed by atoms with Crippen molar-refractivity contribution >= 4 is 11.7 Å². The number of aliphatic hydroxyl groups is 1. The molecule has 0 aliphatic carbocycles. The van der Waals surface area contributed by atoms with Gasteiger partial charge in [-0.05, 0) is 24.1 Å². The van der Waals surface area contributed by atoms with Crippen LogP contribution in [0.25, 0.3) is 0 Å². The zero-order chi connectivity index (χ0) is 17.4. The van der Waals surface area contributed by atoms with Crippen molar-refractivity contribution in [2.45, 2.75) is 12.5 Å². The van der Waals surface area contributed by atoms with Gasteiger partial charge in [-0.1, -0.05) is 36.4 Å². The summed E-state index contributed by atoms with van der Waals surface area (Å²) in [5.74, 6) is 0.995. The molecule has 0 heterocycles. The van der Waals surface area contributed by atoms with E-state index in [1.165, 1.54) is 14.2 Å². The number of ether oxygens (including phenoxy) is 2. The lowest BCUT2D eigenvalue weighted by molar-refractivity contribution is 0.167. The Morgan fingerprint density at radius 2 is 1.83 bits per heavy atom. The maximum atomic E-state index is 12.0. The molecule has 0 bridgehead atoms. The van der Waals surface area contributed by atoms with Crippen LogP contribution in [0.2, 0.25) is 0 Å². The fourth-order valence-electron chi connectivity index (χ4n) is 2.32. The van der Waals surface area contributed by atoms with Crippen LogP contribution in [0.5, 0.6) is 11.5 Å². The first-order valence-corrected chi connectivity index (χ1v) is 7.64. The van der Waals surface area contributed by atoms with Crippen molar-refractivity contribution in [3.8, 4) is 11.5 Å². The van der Waals surface area contributed by atoms with Crippen LogP contribution in [0.3, 0.4) is 0 Å². The SMILES string of the molecule is COc1cccc(NC(=O)NCC[C@@H](O)c2ccccc2)c1OC. The molecule has 128 valence electrons. The van der Waals surface area contributed by atoms with Gasteiger partial charge in [0.05, 0.1) is 26.0 Å². The Hall–Kier alpha value is -2.73. The molecule has 0 saturated carbocycles. The third-order valence-electron chi connectivity index (χ3n) is 3.54. The number of hydrogen-bond donors (Lipinski definition) is 3. The smallest absolute Gasteiger partial charge is 0.319 e. The van der Waals surface area contributed by atoms with E-state index < -0.39 is 6.10 Å². The summed E-state index contributed by atoms with van der Waals surface area (Å²) in [6, 6.07) is 14.2. The zero-order valence-electron chi connectivity index (χ0n) is 13.8. The minimum Gasteiger partial charge on any atom is -0.493 e. The number of nitrogens with one attached hydrogen (secondary N) is 2. The first-order valence-electron chi connectivity index (χ1n) is 7.64. The topological polar surface area (TPSA) is 79.8 Å². The molecule has 0 saturated heterocycles. The highest BCUT2D eigenvalue weighted by Gasteiger charge is 2.12. The molecule has 1 atom stereocenters. The molecule has 3 N–H and O–H groups in total. The summed E-state index contributed by atoms with van der Waals surface area (Å²) in [5.41, 5.74) is 1.34. The summed E-state index contributed by atoms with van der Waals surface area (Å²) < 4.78 is 10.5. The number of benzene rings is 2. The second-order valence-electron chi connectivity index (χ2n) is 5.14. The Labute approximate surface area is 141 Å². The Morgan fingerprint density at radius 1 is 1.08 bits per heavy atom. The van der Waals surface area contributed by atoms with Crippen LogP contribution in [0.4, 0.5) is 10.5 Å². The predicted molar refractivity (Wildman–Crippen MR) is 92.6 cm³/mol. The molecule has 0 aliphatic heterocycles. The first kappa shape index (κ1) is 17.6. The van der Waals surface area contributed by atoms with E-state index in [0.29, 0.717) is 30.2 Å². The normalized spacial score (nSPS) is 11.5. The molecule has 6 heteroatoms. The lowest BCUT2D eigenvalue weighted by Gasteiger charge is -2.15. The van der Waals surface area contributed by atoms with Crippen molar-refractivity contribution in [1.82, 2.24) is 5.32 Å². The van der Waals surface area contributed by atoms with E-state index in [1.807, 2.05) is 30.3 Å². The number of hydrogen-bond acceptors (Lipinski definition) is 4. The average Bonchev–Trinajstić information content (AvgIpc) is 2.62. The van der Waals surface area contributed by atoms with Gasteiger partial charge in [0.15, 0.2) is 11.5 Å². The van der Waals surface area contributed by atoms with E-state index in [2.05, 4.69) is 10.6 Å².